The third-order valence-electron chi connectivity index (χ3n) is 9.21. The second kappa shape index (κ2) is 9.84. The van der Waals surface area contributed by atoms with E-state index >= 15 is 0 Å². The number of aromatic hydroxyl groups is 1. The SMILES string of the molecule is COc1c(CNCCc2ccccc2)cc(O)c2c1C[C@H]1C[C@H]3[C@H](N(C)C)C(O)=C(C(N)=O)C4(O)O[C@]34C(=O)C1=C2O. The molecule has 2 fully saturated rings. The summed E-state index contributed by atoms with van der Waals surface area (Å²) in [6.07, 6.45) is 1.31. The number of phenolic OH excluding ortho intramolecular Hbond substituents is 1. The fourth-order valence-corrected chi connectivity index (χ4v) is 7.45. The highest BCUT2D eigenvalue weighted by molar-refractivity contribution is 6.14. The number of carbonyl (C=O) groups is 2. The van der Waals surface area contributed by atoms with E-state index in [1.54, 1.807) is 19.0 Å². The molecule has 11 nitrogen and oxygen atoms in total. The van der Waals surface area contributed by atoms with Gasteiger partial charge in [0, 0.05) is 29.2 Å². The molecule has 4 aliphatic rings. The zero-order valence-corrected chi connectivity index (χ0v) is 23.7. The van der Waals surface area contributed by atoms with Crippen LogP contribution in [0.2, 0.25) is 0 Å². The lowest BCUT2D eigenvalue weighted by atomic mass is 9.58. The van der Waals surface area contributed by atoms with Crippen molar-refractivity contribution < 1.29 is 39.5 Å². The molecule has 2 aromatic carbocycles. The summed E-state index contributed by atoms with van der Waals surface area (Å²) in [6, 6.07) is 10.7. The number of hydrogen-bond acceptors (Lipinski definition) is 10. The normalized spacial score (nSPS) is 29.5. The van der Waals surface area contributed by atoms with Crippen molar-refractivity contribution in [3.8, 4) is 11.5 Å². The smallest absolute Gasteiger partial charge is 0.253 e. The summed E-state index contributed by atoms with van der Waals surface area (Å²) >= 11 is 0. The van der Waals surface area contributed by atoms with Gasteiger partial charge in [-0.05, 0) is 57.5 Å². The number of amides is 1. The predicted molar refractivity (Wildman–Crippen MR) is 151 cm³/mol. The van der Waals surface area contributed by atoms with E-state index < -0.39 is 58.0 Å². The molecule has 1 saturated carbocycles. The van der Waals surface area contributed by atoms with Gasteiger partial charge in [0.25, 0.3) is 5.91 Å². The molecular weight excluding hydrogens is 542 g/mol. The van der Waals surface area contributed by atoms with Gasteiger partial charge in [0.1, 0.15) is 28.6 Å². The number of primary amides is 1. The van der Waals surface area contributed by atoms with Crippen molar-refractivity contribution in [3.05, 3.63) is 75.6 Å². The summed E-state index contributed by atoms with van der Waals surface area (Å²) in [4.78, 5) is 28.1. The summed E-state index contributed by atoms with van der Waals surface area (Å²) in [7, 11) is 4.89. The van der Waals surface area contributed by atoms with Crippen LogP contribution in [0.4, 0.5) is 0 Å². The number of rotatable bonds is 8. The fourth-order valence-electron chi connectivity index (χ4n) is 7.45. The number of ketones is 1. The van der Waals surface area contributed by atoms with Crippen molar-refractivity contribution in [2.75, 3.05) is 27.7 Å². The molecule has 7 N–H and O–H groups in total. The Bertz CT molecular complexity index is 1550. The number of aliphatic hydroxyl groups is 3. The molecule has 42 heavy (non-hydrogen) atoms. The number of carbonyl (C=O) groups excluding carboxylic acids is 2. The quantitative estimate of drug-likeness (QED) is 0.199. The first-order chi connectivity index (χ1) is 20.0. The second-order valence-electron chi connectivity index (χ2n) is 11.7. The lowest BCUT2D eigenvalue weighted by Crippen LogP contribution is -2.60. The van der Waals surface area contributed by atoms with E-state index in [4.69, 9.17) is 15.2 Å². The number of epoxide rings is 1. The number of nitrogens with zero attached hydrogens (tertiary/aromatic N) is 1. The Morgan fingerprint density at radius 1 is 1.21 bits per heavy atom. The molecule has 1 saturated heterocycles. The molecule has 1 amide bonds. The highest BCUT2D eigenvalue weighted by atomic mass is 16.8. The van der Waals surface area contributed by atoms with Crippen LogP contribution in [0.25, 0.3) is 5.76 Å². The van der Waals surface area contributed by atoms with Crippen molar-refractivity contribution >= 4 is 17.4 Å². The van der Waals surface area contributed by atoms with E-state index in [2.05, 4.69) is 17.4 Å². The Hall–Kier alpha value is -3.90. The molecule has 2 aromatic rings. The van der Waals surface area contributed by atoms with E-state index in [9.17, 15) is 30.0 Å². The Labute approximate surface area is 242 Å². The maximum absolute atomic E-state index is 14.1. The van der Waals surface area contributed by atoms with Crippen molar-refractivity contribution in [3.63, 3.8) is 0 Å². The van der Waals surface area contributed by atoms with Gasteiger partial charge in [0.05, 0.1) is 18.7 Å². The number of nitrogens with two attached hydrogens (primary N) is 1. The average Bonchev–Trinajstić information content (AvgIpc) is 3.57. The van der Waals surface area contributed by atoms with E-state index in [-0.39, 0.29) is 29.7 Å². The van der Waals surface area contributed by atoms with Crippen molar-refractivity contribution in [1.29, 1.82) is 0 Å². The molecule has 6 rings (SSSR count). The number of nitrogens with one attached hydrogen (secondary N) is 1. The highest BCUT2D eigenvalue weighted by Gasteiger charge is 2.86. The van der Waals surface area contributed by atoms with Gasteiger partial charge in [0.2, 0.25) is 11.6 Å². The lowest BCUT2D eigenvalue weighted by Gasteiger charge is -2.46. The van der Waals surface area contributed by atoms with Gasteiger partial charge in [-0.25, -0.2) is 0 Å². The van der Waals surface area contributed by atoms with Gasteiger partial charge in [-0.3, -0.25) is 14.5 Å². The first-order valence-corrected chi connectivity index (χ1v) is 13.9. The summed E-state index contributed by atoms with van der Waals surface area (Å²) in [6.45, 7) is 1.10. The number of benzene rings is 2. The minimum Gasteiger partial charge on any atom is -0.510 e. The van der Waals surface area contributed by atoms with E-state index in [1.807, 2.05) is 18.2 Å². The first kappa shape index (κ1) is 28.2. The summed E-state index contributed by atoms with van der Waals surface area (Å²) in [5.74, 6) is -6.07. The van der Waals surface area contributed by atoms with Crippen LogP contribution in [0.15, 0.2) is 53.3 Å². The molecule has 5 atom stereocenters. The van der Waals surface area contributed by atoms with Crippen LogP contribution in [0.5, 0.6) is 11.5 Å². The van der Waals surface area contributed by atoms with Crippen LogP contribution >= 0.6 is 0 Å². The Morgan fingerprint density at radius 3 is 2.57 bits per heavy atom. The molecule has 3 aliphatic carbocycles. The van der Waals surface area contributed by atoms with Crippen LogP contribution in [-0.4, -0.2) is 82.2 Å². The second-order valence-corrected chi connectivity index (χ2v) is 11.7. The van der Waals surface area contributed by atoms with Gasteiger partial charge in [0.15, 0.2) is 5.60 Å². The number of phenols is 1. The monoisotopic (exact) mass is 577 g/mol. The molecule has 1 unspecified atom stereocenters. The van der Waals surface area contributed by atoms with Gasteiger partial charge in [-0.2, -0.15) is 0 Å². The van der Waals surface area contributed by atoms with Crippen molar-refractivity contribution in [1.82, 2.24) is 10.2 Å². The number of aliphatic hydroxyl groups excluding tert-OH is 2. The van der Waals surface area contributed by atoms with Gasteiger partial charge in [-0.15, -0.1) is 0 Å². The molecule has 0 radical (unpaired) electrons. The first-order valence-electron chi connectivity index (χ1n) is 13.9. The number of ether oxygens (including phenoxy) is 2. The average molecular weight is 578 g/mol. The van der Waals surface area contributed by atoms with Crippen LogP contribution < -0.4 is 15.8 Å². The highest BCUT2D eigenvalue weighted by Crippen LogP contribution is 2.67. The minimum atomic E-state index is -2.41. The Kier molecular flexibility index (Phi) is 6.61. The van der Waals surface area contributed by atoms with E-state index in [0.717, 1.165) is 6.42 Å². The summed E-state index contributed by atoms with van der Waals surface area (Å²) < 4.78 is 11.5. The molecule has 1 heterocycles. The Morgan fingerprint density at radius 2 is 1.93 bits per heavy atom. The van der Waals surface area contributed by atoms with Crippen LogP contribution in [0, 0.1) is 11.8 Å². The van der Waals surface area contributed by atoms with Crippen molar-refractivity contribution in [2.45, 2.75) is 43.2 Å². The van der Waals surface area contributed by atoms with E-state index in [1.165, 1.54) is 18.7 Å². The van der Waals surface area contributed by atoms with Gasteiger partial charge >= 0.3 is 0 Å². The molecule has 11 heteroatoms. The predicted octanol–water partition coefficient (Wildman–Crippen LogP) is 1.46. The van der Waals surface area contributed by atoms with Gasteiger partial charge in [-0.1, -0.05) is 30.3 Å². The molecule has 222 valence electrons. The molecule has 0 bridgehead atoms. The largest absolute Gasteiger partial charge is 0.510 e. The summed E-state index contributed by atoms with van der Waals surface area (Å²) in [5.41, 5.74) is 5.60. The van der Waals surface area contributed by atoms with Gasteiger partial charge < -0.3 is 41.0 Å². The zero-order valence-electron chi connectivity index (χ0n) is 23.7. The fraction of sp³-hybridized carbons (Fsp3) is 0.419. The maximum Gasteiger partial charge on any atom is 0.253 e. The number of likely N-dealkylation sites (N-methyl/N-ethyl adjacent to an activating group) is 1. The zero-order chi connectivity index (χ0) is 30.1. The minimum absolute atomic E-state index is 0.00322. The molecule has 0 aromatic heterocycles. The lowest BCUT2D eigenvalue weighted by molar-refractivity contribution is -0.127. The Balaban J connectivity index is 1.37. The van der Waals surface area contributed by atoms with Crippen molar-refractivity contribution in [2.24, 2.45) is 17.6 Å². The van der Waals surface area contributed by atoms with Crippen LogP contribution in [0.3, 0.4) is 0 Å². The number of fused-ring (bicyclic) bond motifs is 2. The molecule has 1 spiro atoms. The third kappa shape index (κ3) is 3.81. The third-order valence-corrected chi connectivity index (χ3v) is 9.21. The number of Topliss-reactive ketones (excluding diaryl/α,β-unsaturated/α-hetero) is 1. The standard InChI is InChI=1S/C31H35N3O8/c1-34(2)24-19-12-16-11-18-22(20(35)13-17(27(18)41-3)14-33-10-9-15-7-5-4-6-8-15)25(36)21(16)28(38)30(19)31(40,42-30)23(26(24)37)29(32)39/h4-8,13,16,19,24,33,35-37,40H,9-12,14H2,1-3H3,(H2,32,39)/t16-,19-,24-,30-,31?/m0/s1. The molecular formula is C31H35N3O8. The number of hydrogen-bond donors (Lipinski definition) is 6. The maximum atomic E-state index is 14.1. The summed E-state index contributed by atoms with van der Waals surface area (Å²) in [5, 5.41) is 48.4. The topological polar surface area (TPSA) is 178 Å². The van der Waals surface area contributed by atoms with Crippen LogP contribution in [-0.2, 0) is 33.7 Å². The van der Waals surface area contributed by atoms with E-state index in [0.29, 0.717) is 30.0 Å². The number of methoxy groups -OCH3 is 1. The van der Waals surface area contributed by atoms with Crippen LogP contribution in [0.1, 0.15) is 28.7 Å². The molecule has 1 aliphatic heterocycles.